The third-order valence-electron chi connectivity index (χ3n) is 5.48. The minimum Gasteiger partial charge on any atom is -0.493 e. The van der Waals surface area contributed by atoms with Crippen molar-refractivity contribution in [3.8, 4) is 17.2 Å². The number of rotatable bonds is 10. The van der Waals surface area contributed by atoms with Crippen molar-refractivity contribution in [1.82, 2.24) is 4.90 Å². The molecule has 182 valence electrons. The highest BCUT2D eigenvalue weighted by atomic mass is 35.5. The number of hydrogen-bond donors (Lipinski definition) is 2. The first kappa shape index (κ1) is 24.2. The second-order valence-corrected chi connectivity index (χ2v) is 8.43. The van der Waals surface area contributed by atoms with Crippen molar-refractivity contribution in [2.75, 3.05) is 25.6 Å². The monoisotopic (exact) mass is 496 g/mol. The number of carbonyl (C=O) groups is 2. The highest BCUT2D eigenvalue weighted by Gasteiger charge is 2.24. The van der Waals surface area contributed by atoms with Gasteiger partial charge in [0.05, 0.1) is 26.6 Å². The fourth-order valence-electron chi connectivity index (χ4n) is 3.70. The zero-order chi connectivity index (χ0) is 24.8. The molecule has 0 bridgehead atoms. The molecule has 8 nitrogen and oxygen atoms in total. The molecular formula is C26H25ClN2O6. The van der Waals surface area contributed by atoms with E-state index < -0.39 is 5.97 Å². The highest BCUT2D eigenvalue weighted by Crippen LogP contribution is 2.36. The molecule has 1 saturated heterocycles. The first-order valence-corrected chi connectivity index (χ1v) is 11.4. The molecule has 0 spiro atoms. The van der Waals surface area contributed by atoms with Gasteiger partial charge in [-0.3, -0.25) is 4.79 Å². The summed E-state index contributed by atoms with van der Waals surface area (Å²) >= 11 is 5.97. The van der Waals surface area contributed by atoms with Gasteiger partial charge in [0.1, 0.15) is 12.4 Å². The van der Waals surface area contributed by atoms with Crippen molar-refractivity contribution in [1.29, 1.82) is 0 Å². The lowest BCUT2D eigenvalue weighted by molar-refractivity contribution is -0.136. The Morgan fingerprint density at radius 2 is 1.80 bits per heavy atom. The van der Waals surface area contributed by atoms with Crippen LogP contribution in [0.1, 0.15) is 16.7 Å². The van der Waals surface area contributed by atoms with Crippen molar-refractivity contribution in [2.45, 2.75) is 19.5 Å². The molecule has 35 heavy (non-hydrogen) atoms. The number of anilines is 1. The van der Waals surface area contributed by atoms with E-state index in [0.29, 0.717) is 54.1 Å². The molecule has 0 saturated carbocycles. The number of amides is 1. The van der Waals surface area contributed by atoms with Crippen LogP contribution in [0.4, 0.5) is 10.5 Å². The fourth-order valence-corrected chi connectivity index (χ4v) is 3.82. The summed E-state index contributed by atoms with van der Waals surface area (Å²) < 4.78 is 16.7. The SMILES string of the molecule is COc1ccc(CC(=O)O)cc1Oc1ccc(NCc2ccc(Cl)cc2)cc1CN1CCOC1=O. The molecule has 0 unspecified atom stereocenters. The van der Waals surface area contributed by atoms with E-state index in [1.165, 1.54) is 7.11 Å². The summed E-state index contributed by atoms with van der Waals surface area (Å²) in [5, 5.41) is 13.2. The van der Waals surface area contributed by atoms with Gasteiger partial charge in [0, 0.05) is 22.8 Å². The molecule has 3 aromatic rings. The number of carboxylic acids is 1. The number of nitrogens with zero attached hydrogens (tertiary/aromatic N) is 1. The second kappa shape index (κ2) is 11.0. The maximum absolute atomic E-state index is 12.1. The Balaban J connectivity index is 1.60. The molecule has 1 heterocycles. The van der Waals surface area contributed by atoms with Crippen LogP contribution >= 0.6 is 11.6 Å². The van der Waals surface area contributed by atoms with Crippen molar-refractivity contribution in [3.05, 3.63) is 82.4 Å². The fraction of sp³-hybridized carbons (Fsp3) is 0.231. The standard InChI is InChI=1S/C26H25ClN2O6/c1-33-23-8-4-18(13-25(30)31)12-24(23)35-22-9-7-21(28-15-17-2-5-20(27)6-3-17)14-19(22)16-29-10-11-34-26(29)32/h2-9,12,14,28H,10-11,13,15-16H2,1H3,(H,30,31). The smallest absolute Gasteiger partial charge is 0.410 e. The maximum Gasteiger partial charge on any atom is 0.410 e. The lowest BCUT2D eigenvalue weighted by Crippen LogP contribution is -2.23. The predicted molar refractivity (Wildman–Crippen MR) is 131 cm³/mol. The number of carboxylic acid groups (broad SMARTS) is 1. The van der Waals surface area contributed by atoms with E-state index in [2.05, 4.69) is 5.32 Å². The van der Waals surface area contributed by atoms with Gasteiger partial charge in [-0.2, -0.15) is 0 Å². The molecule has 9 heteroatoms. The van der Waals surface area contributed by atoms with Crippen molar-refractivity contribution < 1.29 is 28.9 Å². The molecule has 1 amide bonds. The van der Waals surface area contributed by atoms with Gasteiger partial charge in [-0.05, 0) is 53.6 Å². The molecule has 0 radical (unpaired) electrons. The topological polar surface area (TPSA) is 97.3 Å². The molecular weight excluding hydrogens is 472 g/mol. The normalized spacial score (nSPS) is 12.9. The number of aliphatic carboxylic acids is 1. The van der Waals surface area contributed by atoms with E-state index in [1.807, 2.05) is 42.5 Å². The first-order chi connectivity index (χ1) is 16.9. The zero-order valence-corrected chi connectivity index (χ0v) is 19.9. The largest absolute Gasteiger partial charge is 0.493 e. The molecule has 4 rings (SSSR count). The van der Waals surface area contributed by atoms with Crippen LogP contribution in [0.5, 0.6) is 17.2 Å². The zero-order valence-electron chi connectivity index (χ0n) is 19.1. The summed E-state index contributed by atoms with van der Waals surface area (Å²) in [7, 11) is 1.52. The molecule has 3 aromatic carbocycles. The van der Waals surface area contributed by atoms with Crippen molar-refractivity contribution in [3.63, 3.8) is 0 Å². The average Bonchev–Trinajstić information content (AvgIpc) is 3.24. The lowest BCUT2D eigenvalue weighted by Gasteiger charge is -2.19. The van der Waals surface area contributed by atoms with Gasteiger partial charge in [0.2, 0.25) is 0 Å². The Hall–Kier alpha value is -3.91. The number of halogens is 1. The molecule has 1 aliphatic heterocycles. The number of nitrogens with one attached hydrogen (secondary N) is 1. The molecule has 1 fully saturated rings. The van der Waals surface area contributed by atoms with Crippen LogP contribution in [0.3, 0.4) is 0 Å². The average molecular weight is 497 g/mol. The van der Waals surface area contributed by atoms with Gasteiger partial charge < -0.3 is 29.5 Å². The third kappa shape index (κ3) is 6.36. The summed E-state index contributed by atoms with van der Waals surface area (Å²) in [5.74, 6) is 0.437. The molecule has 0 aromatic heterocycles. The van der Waals surface area contributed by atoms with Crippen LogP contribution in [0.2, 0.25) is 5.02 Å². The van der Waals surface area contributed by atoms with E-state index in [1.54, 1.807) is 23.1 Å². The number of hydrogen-bond acceptors (Lipinski definition) is 6. The Labute approximate surface area is 208 Å². The van der Waals surface area contributed by atoms with Gasteiger partial charge in [0.15, 0.2) is 11.5 Å². The van der Waals surface area contributed by atoms with Crippen LogP contribution in [-0.2, 0) is 29.0 Å². The lowest BCUT2D eigenvalue weighted by atomic mass is 10.1. The Morgan fingerprint density at radius 1 is 1.06 bits per heavy atom. The number of ether oxygens (including phenoxy) is 3. The number of methoxy groups -OCH3 is 1. The second-order valence-electron chi connectivity index (χ2n) is 8.00. The Bertz CT molecular complexity index is 1210. The van der Waals surface area contributed by atoms with Crippen molar-refractivity contribution in [2.24, 2.45) is 0 Å². The first-order valence-electron chi connectivity index (χ1n) is 11.0. The van der Waals surface area contributed by atoms with Crippen LogP contribution in [-0.4, -0.2) is 42.3 Å². The summed E-state index contributed by atoms with van der Waals surface area (Å²) in [6.07, 6.45) is -0.517. The highest BCUT2D eigenvalue weighted by molar-refractivity contribution is 6.30. The molecule has 2 N–H and O–H groups in total. The van der Waals surface area contributed by atoms with Gasteiger partial charge in [-0.25, -0.2) is 4.79 Å². The third-order valence-corrected chi connectivity index (χ3v) is 5.73. The van der Waals surface area contributed by atoms with E-state index in [0.717, 1.165) is 16.8 Å². The minimum atomic E-state index is -0.939. The van der Waals surface area contributed by atoms with Gasteiger partial charge in [-0.1, -0.05) is 29.8 Å². The minimum absolute atomic E-state index is 0.139. The Kier molecular flexibility index (Phi) is 7.62. The number of benzene rings is 3. The van der Waals surface area contributed by atoms with Gasteiger partial charge in [0.25, 0.3) is 0 Å². The van der Waals surface area contributed by atoms with E-state index in [-0.39, 0.29) is 12.5 Å². The number of cyclic esters (lactones) is 1. The van der Waals surface area contributed by atoms with E-state index in [9.17, 15) is 9.59 Å². The molecule has 1 aliphatic rings. The maximum atomic E-state index is 12.1. The van der Waals surface area contributed by atoms with Crippen LogP contribution in [0.15, 0.2) is 60.7 Å². The van der Waals surface area contributed by atoms with Gasteiger partial charge >= 0.3 is 12.1 Å². The summed E-state index contributed by atoms with van der Waals surface area (Å²) in [4.78, 5) is 24.8. The molecule has 0 aliphatic carbocycles. The van der Waals surface area contributed by atoms with Crippen LogP contribution in [0, 0.1) is 0 Å². The molecule has 0 atom stereocenters. The van der Waals surface area contributed by atoms with Crippen LogP contribution < -0.4 is 14.8 Å². The van der Waals surface area contributed by atoms with E-state index in [4.69, 9.17) is 30.9 Å². The van der Waals surface area contributed by atoms with Crippen LogP contribution in [0.25, 0.3) is 0 Å². The summed E-state index contributed by atoms with van der Waals surface area (Å²) in [6.45, 7) is 1.71. The number of carbonyl (C=O) groups excluding carboxylic acids is 1. The van der Waals surface area contributed by atoms with E-state index >= 15 is 0 Å². The summed E-state index contributed by atoms with van der Waals surface area (Å²) in [5.41, 5.74) is 3.26. The van der Waals surface area contributed by atoms with Gasteiger partial charge in [-0.15, -0.1) is 0 Å². The van der Waals surface area contributed by atoms with Crippen molar-refractivity contribution >= 4 is 29.4 Å². The Morgan fingerprint density at radius 3 is 2.49 bits per heavy atom. The summed E-state index contributed by atoms with van der Waals surface area (Å²) in [6, 6.07) is 18.2. The quantitative estimate of drug-likeness (QED) is 0.391. The predicted octanol–water partition coefficient (Wildman–Crippen LogP) is 5.33.